The molecular formula is C12H7ClFN3O. The van der Waals surface area contributed by atoms with E-state index < -0.39 is 0 Å². The van der Waals surface area contributed by atoms with E-state index in [1.807, 2.05) is 0 Å². The quantitative estimate of drug-likeness (QED) is 0.686. The lowest BCUT2D eigenvalue weighted by molar-refractivity contribution is 0.627. The second-order valence-corrected chi connectivity index (χ2v) is 4.19. The maximum Gasteiger partial charge on any atom is 0.260 e. The number of H-pyrrole nitrogens is 1. The van der Waals surface area contributed by atoms with Gasteiger partial charge in [0, 0.05) is 6.07 Å². The van der Waals surface area contributed by atoms with Crippen LogP contribution in [0.3, 0.4) is 0 Å². The number of pyridine rings is 1. The highest BCUT2D eigenvalue weighted by Crippen LogP contribution is 2.17. The summed E-state index contributed by atoms with van der Waals surface area (Å²) in [5.41, 5.74) is 0.939. The number of aromatic amines is 1. The minimum absolute atomic E-state index is 0.233. The molecule has 18 heavy (non-hydrogen) atoms. The second-order valence-electron chi connectivity index (χ2n) is 3.78. The Bertz CT molecular complexity index is 776. The third-order valence-corrected chi connectivity index (χ3v) is 2.82. The fourth-order valence-corrected chi connectivity index (χ4v) is 1.98. The highest BCUT2D eigenvalue weighted by molar-refractivity contribution is 6.30. The van der Waals surface area contributed by atoms with Crippen molar-refractivity contribution in [3.05, 3.63) is 57.9 Å². The highest BCUT2D eigenvalue weighted by atomic mass is 35.5. The van der Waals surface area contributed by atoms with Crippen molar-refractivity contribution in [2.24, 2.45) is 0 Å². The van der Waals surface area contributed by atoms with Gasteiger partial charge >= 0.3 is 0 Å². The molecule has 0 saturated carbocycles. The first-order valence-electron chi connectivity index (χ1n) is 5.17. The molecule has 0 atom stereocenters. The number of nitrogens with zero attached hydrogens (tertiary/aromatic N) is 2. The third-order valence-electron chi connectivity index (χ3n) is 2.62. The molecule has 0 aliphatic heterocycles. The minimum atomic E-state index is -0.328. The van der Waals surface area contributed by atoms with Crippen molar-refractivity contribution in [3.63, 3.8) is 0 Å². The largest absolute Gasteiger partial charge is 0.312 e. The van der Waals surface area contributed by atoms with E-state index in [4.69, 9.17) is 11.6 Å². The van der Waals surface area contributed by atoms with Gasteiger partial charge in [-0.25, -0.2) is 9.07 Å². The molecule has 2 aromatic heterocycles. The maximum atomic E-state index is 12.9. The van der Waals surface area contributed by atoms with Crippen LogP contribution < -0.4 is 5.56 Å². The van der Waals surface area contributed by atoms with Crippen LogP contribution in [0.5, 0.6) is 0 Å². The molecule has 0 aliphatic carbocycles. The van der Waals surface area contributed by atoms with E-state index >= 15 is 0 Å². The topological polar surface area (TPSA) is 50.7 Å². The molecule has 0 fully saturated rings. The van der Waals surface area contributed by atoms with Gasteiger partial charge in [0.15, 0.2) is 0 Å². The van der Waals surface area contributed by atoms with Gasteiger partial charge in [0.25, 0.3) is 5.56 Å². The van der Waals surface area contributed by atoms with E-state index in [-0.39, 0.29) is 16.5 Å². The fourth-order valence-electron chi connectivity index (χ4n) is 1.79. The molecule has 3 rings (SSSR count). The highest BCUT2D eigenvalue weighted by Gasteiger charge is 2.09. The maximum absolute atomic E-state index is 12.9. The summed E-state index contributed by atoms with van der Waals surface area (Å²) in [7, 11) is 0. The number of aromatic nitrogens is 3. The normalized spacial score (nSPS) is 11.0. The van der Waals surface area contributed by atoms with E-state index in [0.29, 0.717) is 16.6 Å². The summed E-state index contributed by atoms with van der Waals surface area (Å²) in [5, 5.41) is 4.78. The summed E-state index contributed by atoms with van der Waals surface area (Å²) in [6.07, 6.45) is 1.45. The Hall–Kier alpha value is -2.14. The van der Waals surface area contributed by atoms with Crippen LogP contribution in [0.1, 0.15) is 0 Å². The molecule has 90 valence electrons. The van der Waals surface area contributed by atoms with E-state index in [1.54, 1.807) is 18.2 Å². The number of benzene rings is 1. The van der Waals surface area contributed by atoms with Crippen LogP contribution in [0.15, 0.2) is 41.3 Å². The minimum Gasteiger partial charge on any atom is -0.312 e. The number of hydrogen-bond donors (Lipinski definition) is 1. The van der Waals surface area contributed by atoms with Crippen LogP contribution in [0, 0.1) is 5.82 Å². The van der Waals surface area contributed by atoms with Crippen LogP contribution in [0.2, 0.25) is 5.15 Å². The van der Waals surface area contributed by atoms with Crippen LogP contribution >= 0.6 is 11.6 Å². The Morgan fingerprint density at radius 1 is 1.28 bits per heavy atom. The zero-order chi connectivity index (χ0) is 12.7. The van der Waals surface area contributed by atoms with E-state index in [9.17, 15) is 9.18 Å². The predicted molar refractivity (Wildman–Crippen MR) is 66.7 cm³/mol. The molecule has 0 unspecified atom stereocenters. The van der Waals surface area contributed by atoms with Crippen LogP contribution in [0.25, 0.3) is 16.6 Å². The Kier molecular flexibility index (Phi) is 2.41. The van der Waals surface area contributed by atoms with Crippen molar-refractivity contribution in [1.29, 1.82) is 0 Å². The summed E-state index contributed by atoms with van der Waals surface area (Å²) in [6.45, 7) is 0. The predicted octanol–water partition coefficient (Wildman–Crippen LogP) is 2.51. The molecule has 0 aliphatic rings. The lowest BCUT2D eigenvalue weighted by Gasteiger charge is -2.03. The average Bonchev–Trinajstić information content (AvgIpc) is 2.74. The van der Waals surface area contributed by atoms with E-state index in [0.717, 1.165) is 0 Å². The Labute approximate surface area is 106 Å². The van der Waals surface area contributed by atoms with Crippen molar-refractivity contribution in [1.82, 2.24) is 14.8 Å². The molecule has 0 bridgehead atoms. The summed E-state index contributed by atoms with van der Waals surface area (Å²) in [5.74, 6) is -0.328. The zero-order valence-corrected chi connectivity index (χ0v) is 9.78. The summed E-state index contributed by atoms with van der Waals surface area (Å²) in [6, 6.07) is 7.43. The van der Waals surface area contributed by atoms with Gasteiger partial charge in [-0.15, -0.1) is 0 Å². The van der Waals surface area contributed by atoms with Gasteiger partial charge in [-0.3, -0.25) is 4.79 Å². The van der Waals surface area contributed by atoms with Gasteiger partial charge < -0.3 is 4.98 Å². The monoisotopic (exact) mass is 263 g/mol. The summed E-state index contributed by atoms with van der Waals surface area (Å²) in [4.78, 5) is 14.1. The Morgan fingerprint density at radius 3 is 2.72 bits per heavy atom. The lowest BCUT2D eigenvalue weighted by Crippen LogP contribution is -2.05. The molecule has 0 saturated heterocycles. The molecule has 0 amide bonds. The first kappa shape index (κ1) is 11.0. The van der Waals surface area contributed by atoms with Gasteiger partial charge in [-0.1, -0.05) is 11.6 Å². The second kappa shape index (κ2) is 3.96. The van der Waals surface area contributed by atoms with E-state index in [2.05, 4.69) is 10.1 Å². The zero-order valence-electron chi connectivity index (χ0n) is 9.02. The fraction of sp³-hybridized carbons (Fsp3) is 0. The first-order chi connectivity index (χ1) is 8.65. The SMILES string of the molecule is O=c1[nH]c(Cl)cc2c1cnn2-c1ccc(F)cc1. The summed E-state index contributed by atoms with van der Waals surface area (Å²) < 4.78 is 14.4. The molecule has 0 spiro atoms. The number of nitrogens with one attached hydrogen (secondary N) is 1. The summed E-state index contributed by atoms with van der Waals surface area (Å²) >= 11 is 5.81. The van der Waals surface area contributed by atoms with Crippen molar-refractivity contribution < 1.29 is 4.39 Å². The molecule has 0 radical (unpaired) electrons. The van der Waals surface area contributed by atoms with E-state index in [1.165, 1.54) is 23.0 Å². The van der Waals surface area contributed by atoms with Crippen molar-refractivity contribution in [3.8, 4) is 5.69 Å². The number of halogens is 2. The van der Waals surface area contributed by atoms with Gasteiger partial charge in [0.05, 0.1) is 22.8 Å². The molecule has 1 aromatic carbocycles. The number of rotatable bonds is 1. The van der Waals surface area contributed by atoms with Gasteiger partial charge in [0.2, 0.25) is 0 Å². The van der Waals surface area contributed by atoms with Crippen LogP contribution in [-0.4, -0.2) is 14.8 Å². The molecule has 6 heteroatoms. The third kappa shape index (κ3) is 1.69. The Balaban J connectivity index is 2.30. The number of hydrogen-bond acceptors (Lipinski definition) is 2. The average molecular weight is 264 g/mol. The van der Waals surface area contributed by atoms with Crippen molar-refractivity contribution in [2.75, 3.05) is 0 Å². The van der Waals surface area contributed by atoms with Crippen LogP contribution in [-0.2, 0) is 0 Å². The van der Waals surface area contributed by atoms with Gasteiger partial charge in [-0.2, -0.15) is 5.10 Å². The molecule has 4 nitrogen and oxygen atoms in total. The Morgan fingerprint density at radius 2 is 2.00 bits per heavy atom. The molecule has 1 N–H and O–H groups in total. The standard InChI is InChI=1S/C12H7ClFN3O/c13-11-5-10-9(12(18)16-11)6-15-17(10)8-3-1-7(14)2-4-8/h1-6H,(H,16,18). The van der Waals surface area contributed by atoms with Crippen LogP contribution in [0.4, 0.5) is 4.39 Å². The molecule has 2 heterocycles. The van der Waals surface area contributed by atoms with Gasteiger partial charge in [-0.05, 0) is 24.3 Å². The molecular weight excluding hydrogens is 257 g/mol. The number of fused-ring (bicyclic) bond motifs is 1. The first-order valence-corrected chi connectivity index (χ1v) is 5.55. The lowest BCUT2D eigenvalue weighted by atomic mass is 10.3. The van der Waals surface area contributed by atoms with Crippen molar-refractivity contribution >= 4 is 22.5 Å². The molecule has 3 aromatic rings. The van der Waals surface area contributed by atoms with Gasteiger partial charge in [0.1, 0.15) is 11.0 Å². The smallest absolute Gasteiger partial charge is 0.260 e. The van der Waals surface area contributed by atoms with Crippen molar-refractivity contribution in [2.45, 2.75) is 0 Å².